The van der Waals surface area contributed by atoms with Gasteiger partial charge in [-0.25, -0.2) is 0 Å². The van der Waals surface area contributed by atoms with Gasteiger partial charge in [0.05, 0.1) is 52.4 Å². The van der Waals surface area contributed by atoms with Crippen molar-refractivity contribution < 1.29 is 198 Å². The molecule has 8 aliphatic heterocycles. The molecule has 0 aliphatic carbocycles. The van der Waals surface area contributed by atoms with Crippen molar-refractivity contribution in [2.24, 2.45) is 0 Å². The Morgan fingerprint density at radius 3 is 1.08 bits per heavy atom. The van der Waals surface area contributed by atoms with E-state index in [4.69, 9.17) is 71.1 Å². The number of aliphatic hydroxyl groups excluding tert-OH is 22. The summed E-state index contributed by atoms with van der Waals surface area (Å²) in [6.45, 7) is -2.76. The van der Waals surface area contributed by atoms with E-state index in [2.05, 4.69) is 16.0 Å². The van der Waals surface area contributed by atoms with E-state index in [-0.39, 0.29) is 0 Å². The third-order valence-corrected chi connectivity index (χ3v) is 17.8. The number of amides is 3. The highest BCUT2D eigenvalue weighted by atomic mass is 16.8. The van der Waals surface area contributed by atoms with E-state index in [0.717, 1.165) is 20.8 Å². The Bertz CT molecular complexity index is 2490. The van der Waals surface area contributed by atoms with E-state index in [1.807, 2.05) is 0 Å². The van der Waals surface area contributed by atoms with Crippen molar-refractivity contribution in [3.8, 4) is 0 Å². The molecule has 25 N–H and O–H groups in total. The zero-order valence-electron chi connectivity index (χ0n) is 52.2. The fourth-order valence-electron chi connectivity index (χ4n) is 12.4. The summed E-state index contributed by atoms with van der Waals surface area (Å²) in [6.07, 6.45) is -72.4. The van der Waals surface area contributed by atoms with Gasteiger partial charge >= 0.3 is 0 Å². The van der Waals surface area contributed by atoms with Crippen molar-refractivity contribution >= 4 is 17.7 Å². The molecule has 0 aromatic rings. The standard InChI is InChI=1S/C54H91N3O40/c1-12-26(66)34(74)38(78)50(85-12)83-11-22-44(31(71)23(47(82)86-22)55-13(2)63)93-48-24(56-14(3)64)32(72)43(20(9-62)90-48)95-53-41(81)45(96-52-40(80)36(76)28(68)17(6-59)88-52)30(70)21(92-53)10-84-54-46(37(77)29(69)18(7-60)89-54)97-49-25(57-15(4)65)33(73)42(19(8-61)91-49)94-51-39(79)35(75)27(67)16(5-58)87-51/h12,16-54,58-62,66-82H,5-11H2,1-4H3,(H,55,63)(H,56,64)(H,57,65)/t12-,16+,17+,18+,19+,20+,21+,22+,23+,24+,25+,26+,27-,28+,29+,30+,31+,32+,33+,34+,35-,36-,37-,38-,39+,40-,41-,42+,43+,44+,45-,46-,47+,48-,49-,50+,51-,52+,53-,54-/m0/s1. The normalized spacial score (nSPS) is 49.9. The van der Waals surface area contributed by atoms with E-state index < -0.39 is 309 Å². The average molecular weight is 1420 g/mol. The van der Waals surface area contributed by atoms with Crippen LogP contribution in [0.1, 0.15) is 27.7 Å². The van der Waals surface area contributed by atoms with Gasteiger partial charge in [-0.1, -0.05) is 0 Å². The molecule has 8 aliphatic rings. The van der Waals surface area contributed by atoms with Gasteiger partial charge in [0.15, 0.2) is 50.3 Å². The Morgan fingerprint density at radius 1 is 0.289 bits per heavy atom. The second kappa shape index (κ2) is 34.5. The first-order valence-electron chi connectivity index (χ1n) is 31.0. The zero-order chi connectivity index (χ0) is 71.5. The molecule has 0 saturated carbocycles. The van der Waals surface area contributed by atoms with Crippen LogP contribution in [0.15, 0.2) is 0 Å². The van der Waals surface area contributed by atoms with Gasteiger partial charge in [-0.2, -0.15) is 0 Å². The van der Waals surface area contributed by atoms with Gasteiger partial charge in [0.25, 0.3) is 0 Å². The SMILES string of the molecule is CC(=O)N[C@@H]1[C@@H](O)[C@H](O[C@@H]2O[C@H](CO)[C@@H](O[C@@H]3O[C@H](CO[C@H]4O[C@H](CO)[C@@H](O)[C@H](O)[C@@H]4O[C@@H]4O[C@H](CO)[C@@H](O[C@@H]5O[C@H](CO)[C@H](O)[C@H](O)[C@H]5O)[C@H](O)[C@H]4NC(C)=O)[C@@H](O)[C@H](O[C@H]4O[C@H](CO)[C@@H](O)[C@H](O)[C@@H]4O)[C@@H]3O)[C@H](O)[C@H]2NC(C)=O)[C@@H](CO[C@@H]2O[C@@H](C)[C@@H](O)[C@@H](O)[C@@H]2O)O[C@H]1O. The number of hydrogen-bond acceptors (Lipinski definition) is 40. The van der Waals surface area contributed by atoms with Crippen LogP contribution in [0.2, 0.25) is 0 Å². The predicted octanol–water partition coefficient (Wildman–Crippen LogP) is -17.0. The van der Waals surface area contributed by atoms with Gasteiger partial charge in [-0.15, -0.1) is 0 Å². The minimum atomic E-state index is -2.39. The van der Waals surface area contributed by atoms with Crippen LogP contribution in [0.3, 0.4) is 0 Å². The number of carbonyl (C=O) groups excluding carboxylic acids is 3. The van der Waals surface area contributed by atoms with Gasteiger partial charge in [0.1, 0.15) is 189 Å². The summed E-state index contributed by atoms with van der Waals surface area (Å²) in [4.78, 5) is 38.0. The number of rotatable bonds is 24. The Kier molecular flexibility index (Phi) is 28.3. The lowest BCUT2D eigenvalue weighted by molar-refractivity contribution is -0.389. The molecule has 8 fully saturated rings. The largest absolute Gasteiger partial charge is 0.394 e. The quantitative estimate of drug-likeness (QED) is 0.0427. The second-order valence-electron chi connectivity index (χ2n) is 24.6. The third-order valence-electron chi connectivity index (χ3n) is 17.8. The second-order valence-corrected chi connectivity index (χ2v) is 24.6. The number of ether oxygens (including phenoxy) is 15. The van der Waals surface area contributed by atoms with Crippen molar-refractivity contribution in [3.05, 3.63) is 0 Å². The van der Waals surface area contributed by atoms with Crippen molar-refractivity contribution in [1.82, 2.24) is 16.0 Å². The molecule has 3 amide bonds. The maximum Gasteiger partial charge on any atom is 0.217 e. The fourth-order valence-corrected chi connectivity index (χ4v) is 12.4. The van der Waals surface area contributed by atoms with E-state index in [1.165, 1.54) is 6.92 Å². The summed E-state index contributed by atoms with van der Waals surface area (Å²) in [7, 11) is 0. The van der Waals surface area contributed by atoms with Gasteiger partial charge in [0, 0.05) is 20.8 Å². The van der Waals surface area contributed by atoms with E-state index in [9.17, 15) is 127 Å². The lowest BCUT2D eigenvalue weighted by Crippen LogP contribution is -2.70. The van der Waals surface area contributed by atoms with E-state index in [0.29, 0.717) is 0 Å². The molecule has 0 spiro atoms. The molecule has 0 bridgehead atoms. The van der Waals surface area contributed by atoms with Crippen molar-refractivity contribution in [1.29, 1.82) is 0 Å². The van der Waals surface area contributed by atoms with Crippen LogP contribution in [0.25, 0.3) is 0 Å². The molecular formula is C54H91N3O40. The molecule has 40 atom stereocenters. The molecule has 0 unspecified atom stereocenters. The number of carbonyl (C=O) groups is 3. The maximum absolute atomic E-state index is 13.0. The Labute approximate surface area is 549 Å². The molecule has 8 heterocycles. The molecule has 0 aromatic carbocycles. The summed E-state index contributed by atoms with van der Waals surface area (Å²) >= 11 is 0. The van der Waals surface area contributed by atoms with Crippen molar-refractivity contribution in [2.45, 2.75) is 273 Å². The first-order valence-corrected chi connectivity index (χ1v) is 31.0. The maximum atomic E-state index is 13.0. The summed E-state index contributed by atoms with van der Waals surface area (Å²) in [5.41, 5.74) is 0. The highest BCUT2D eigenvalue weighted by Crippen LogP contribution is 2.38. The Balaban J connectivity index is 1.07. The first-order chi connectivity index (χ1) is 45.8. The van der Waals surface area contributed by atoms with E-state index in [1.54, 1.807) is 0 Å². The highest BCUT2D eigenvalue weighted by Gasteiger charge is 2.59. The summed E-state index contributed by atoms with van der Waals surface area (Å²) in [5.74, 6) is -2.60. The smallest absolute Gasteiger partial charge is 0.217 e. The number of hydrogen-bond donors (Lipinski definition) is 25. The molecule has 43 heteroatoms. The molecular weight excluding hydrogens is 1330 g/mol. The van der Waals surface area contributed by atoms with Gasteiger partial charge < -0.3 is 199 Å². The van der Waals surface area contributed by atoms with Crippen LogP contribution in [-0.4, -0.2) is 422 Å². The van der Waals surface area contributed by atoms with Gasteiger partial charge in [-0.3, -0.25) is 14.4 Å². The average Bonchev–Trinajstić information content (AvgIpc) is 0.777. The monoisotopic (exact) mass is 1420 g/mol. The number of nitrogens with one attached hydrogen (secondary N) is 3. The lowest BCUT2D eigenvalue weighted by Gasteiger charge is -2.50. The molecule has 0 radical (unpaired) electrons. The van der Waals surface area contributed by atoms with Crippen LogP contribution in [-0.2, 0) is 85.4 Å². The minimum absolute atomic E-state index is 0.790. The lowest BCUT2D eigenvalue weighted by atomic mass is 9.93. The summed E-state index contributed by atoms with van der Waals surface area (Å²) < 4.78 is 87.6. The van der Waals surface area contributed by atoms with E-state index >= 15 is 0 Å². The fraction of sp³-hybridized carbons (Fsp3) is 0.944. The van der Waals surface area contributed by atoms with Crippen molar-refractivity contribution in [3.63, 3.8) is 0 Å². The molecule has 43 nitrogen and oxygen atoms in total. The zero-order valence-corrected chi connectivity index (χ0v) is 52.2. The van der Waals surface area contributed by atoms with Crippen LogP contribution in [0, 0.1) is 0 Å². The predicted molar refractivity (Wildman–Crippen MR) is 298 cm³/mol. The first kappa shape index (κ1) is 79.6. The van der Waals surface area contributed by atoms with Crippen LogP contribution in [0.5, 0.6) is 0 Å². The van der Waals surface area contributed by atoms with Crippen LogP contribution < -0.4 is 16.0 Å². The number of aliphatic hydroxyl groups is 22. The molecule has 8 saturated heterocycles. The third kappa shape index (κ3) is 17.6. The van der Waals surface area contributed by atoms with Crippen LogP contribution in [0.4, 0.5) is 0 Å². The summed E-state index contributed by atoms with van der Waals surface area (Å²) in [5, 5.41) is 247. The molecule has 562 valence electrons. The van der Waals surface area contributed by atoms with Gasteiger partial charge in [0.2, 0.25) is 17.7 Å². The Morgan fingerprint density at radius 2 is 0.619 bits per heavy atom. The highest BCUT2D eigenvalue weighted by molar-refractivity contribution is 5.74. The minimum Gasteiger partial charge on any atom is -0.394 e. The molecule has 97 heavy (non-hydrogen) atoms. The topological polar surface area (TPSA) is 671 Å². The van der Waals surface area contributed by atoms with Gasteiger partial charge in [-0.05, 0) is 6.92 Å². The Hall–Kier alpha value is -3.07. The molecule has 8 rings (SSSR count). The summed E-state index contributed by atoms with van der Waals surface area (Å²) in [6, 6.07) is -5.42. The molecule has 0 aromatic heterocycles. The van der Waals surface area contributed by atoms with Crippen molar-refractivity contribution in [2.75, 3.05) is 46.2 Å². The van der Waals surface area contributed by atoms with Crippen LogP contribution >= 0.6 is 0 Å².